The summed E-state index contributed by atoms with van der Waals surface area (Å²) >= 11 is 0. The van der Waals surface area contributed by atoms with Crippen LogP contribution in [0.3, 0.4) is 0 Å². The van der Waals surface area contributed by atoms with Crippen molar-refractivity contribution in [2.24, 2.45) is 0 Å². The van der Waals surface area contributed by atoms with E-state index >= 15 is 0 Å². The first-order chi connectivity index (χ1) is 11.1. The van der Waals surface area contributed by atoms with E-state index in [2.05, 4.69) is 10.2 Å². The number of rotatable bonds is 8. The lowest BCUT2D eigenvalue weighted by molar-refractivity contribution is -0.144. The predicted molar refractivity (Wildman–Crippen MR) is 82.6 cm³/mol. The third kappa shape index (κ3) is 4.91. The highest BCUT2D eigenvalue weighted by atomic mass is 16.4. The second-order valence-electron chi connectivity index (χ2n) is 5.08. The molecule has 2 aromatic rings. The molecule has 7 heteroatoms. The molecule has 0 spiro atoms. The standard InChI is InChI=1S/C16H19N3O4/c1-2-10-19(11-15(21)22)14(20)9-8-13-17-18-16(23-13)12-6-4-3-5-7-12/h3-7H,2,8-11H2,1H3,(H,21,22). The lowest BCUT2D eigenvalue weighted by Gasteiger charge is -2.19. The van der Waals surface area contributed by atoms with Gasteiger partial charge >= 0.3 is 5.97 Å². The third-order valence-electron chi connectivity index (χ3n) is 3.21. The molecular formula is C16H19N3O4. The van der Waals surface area contributed by atoms with Crippen LogP contribution < -0.4 is 0 Å². The van der Waals surface area contributed by atoms with Gasteiger partial charge in [-0.2, -0.15) is 0 Å². The number of aliphatic carboxylic acids is 1. The summed E-state index contributed by atoms with van der Waals surface area (Å²) in [7, 11) is 0. The van der Waals surface area contributed by atoms with Gasteiger partial charge in [0.2, 0.25) is 17.7 Å². The van der Waals surface area contributed by atoms with Crippen molar-refractivity contribution >= 4 is 11.9 Å². The maximum absolute atomic E-state index is 12.1. The molecule has 1 aromatic heterocycles. The highest BCUT2D eigenvalue weighted by Gasteiger charge is 2.17. The van der Waals surface area contributed by atoms with Crippen LogP contribution >= 0.6 is 0 Å². The van der Waals surface area contributed by atoms with Gasteiger partial charge in [-0.1, -0.05) is 25.1 Å². The van der Waals surface area contributed by atoms with E-state index in [1.165, 1.54) is 4.90 Å². The molecule has 0 aliphatic carbocycles. The van der Waals surface area contributed by atoms with Crippen LogP contribution in [0.5, 0.6) is 0 Å². The van der Waals surface area contributed by atoms with Crippen LogP contribution in [-0.4, -0.2) is 45.2 Å². The Bertz CT molecular complexity index is 654. The van der Waals surface area contributed by atoms with Gasteiger partial charge in [-0.15, -0.1) is 10.2 Å². The fourth-order valence-electron chi connectivity index (χ4n) is 2.15. The summed E-state index contributed by atoms with van der Waals surface area (Å²) in [5.41, 5.74) is 0.816. The average molecular weight is 317 g/mol. The van der Waals surface area contributed by atoms with E-state index in [9.17, 15) is 9.59 Å². The van der Waals surface area contributed by atoms with E-state index in [4.69, 9.17) is 9.52 Å². The van der Waals surface area contributed by atoms with Crippen LogP contribution in [0, 0.1) is 0 Å². The molecule has 0 aliphatic rings. The van der Waals surface area contributed by atoms with E-state index < -0.39 is 5.97 Å². The van der Waals surface area contributed by atoms with Crippen LogP contribution in [0.15, 0.2) is 34.7 Å². The van der Waals surface area contributed by atoms with E-state index in [0.717, 1.165) is 5.56 Å². The van der Waals surface area contributed by atoms with Gasteiger partial charge in [0.1, 0.15) is 6.54 Å². The number of amides is 1. The van der Waals surface area contributed by atoms with Crippen molar-refractivity contribution in [1.82, 2.24) is 15.1 Å². The summed E-state index contributed by atoms with van der Waals surface area (Å²) in [5.74, 6) is -0.474. The quantitative estimate of drug-likeness (QED) is 0.800. The van der Waals surface area contributed by atoms with Gasteiger partial charge < -0.3 is 14.4 Å². The molecule has 2 rings (SSSR count). The van der Waals surface area contributed by atoms with Crippen LogP contribution in [0.25, 0.3) is 11.5 Å². The summed E-state index contributed by atoms with van der Waals surface area (Å²) in [6, 6.07) is 9.36. The molecule has 7 nitrogen and oxygen atoms in total. The number of nitrogens with zero attached hydrogens (tertiary/aromatic N) is 3. The van der Waals surface area contributed by atoms with Crippen molar-refractivity contribution in [1.29, 1.82) is 0 Å². The summed E-state index contributed by atoms with van der Waals surface area (Å²) < 4.78 is 5.53. The smallest absolute Gasteiger partial charge is 0.323 e. The van der Waals surface area contributed by atoms with Crippen molar-refractivity contribution < 1.29 is 19.1 Å². The minimum atomic E-state index is -1.02. The zero-order valence-electron chi connectivity index (χ0n) is 12.9. The van der Waals surface area contributed by atoms with Gasteiger partial charge in [0.05, 0.1) is 0 Å². The summed E-state index contributed by atoms with van der Waals surface area (Å²) in [6.07, 6.45) is 1.14. The molecule has 1 aromatic carbocycles. The largest absolute Gasteiger partial charge is 0.480 e. The zero-order chi connectivity index (χ0) is 16.7. The number of carbonyl (C=O) groups is 2. The fourth-order valence-corrected chi connectivity index (χ4v) is 2.15. The van der Waals surface area contributed by atoms with Crippen molar-refractivity contribution in [3.8, 4) is 11.5 Å². The summed E-state index contributed by atoms with van der Waals surface area (Å²) in [6.45, 7) is 2.03. The normalized spacial score (nSPS) is 10.5. The Labute approximate surface area is 133 Å². The number of carboxylic acid groups (broad SMARTS) is 1. The van der Waals surface area contributed by atoms with Crippen molar-refractivity contribution in [2.75, 3.05) is 13.1 Å². The van der Waals surface area contributed by atoms with Crippen LogP contribution in [-0.2, 0) is 16.0 Å². The molecule has 1 heterocycles. The topological polar surface area (TPSA) is 96.5 Å². The molecule has 23 heavy (non-hydrogen) atoms. The van der Waals surface area contributed by atoms with Gasteiger partial charge in [-0.3, -0.25) is 9.59 Å². The summed E-state index contributed by atoms with van der Waals surface area (Å²) in [4.78, 5) is 24.2. The monoisotopic (exact) mass is 317 g/mol. The van der Waals surface area contributed by atoms with Gasteiger partial charge in [0.15, 0.2) is 0 Å². The highest BCUT2D eigenvalue weighted by Crippen LogP contribution is 2.17. The first kappa shape index (κ1) is 16.7. The minimum Gasteiger partial charge on any atom is -0.480 e. The lowest BCUT2D eigenvalue weighted by Crippen LogP contribution is -2.36. The number of carboxylic acids is 1. The Morgan fingerprint density at radius 1 is 1.22 bits per heavy atom. The van der Waals surface area contributed by atoms with Crippen LogP contribution in [0.1, 0.15) is 25.7 Å². The fraction of sp³-hybridized carbons (Fsp3) is 0.375. The highest BCUT2D eigenvalue weighted by molar-refractivity contribution is 5.81. The SMILES string of the molecule is CCCN(CC(=O)O)C(=O)CCc1nnc(-c2ccccc2)o1. The second kappa shape index (κ2) is 8.07. The molecule has 0 atom stereocenters. The van der Waals surface area contributed by atoms with Crippen LogP contribution in [0.2, 0.25) is 0 Å². The molecule has 1 N–H and O–H groups in total. The Kier molecular flexibility index (Phi) is 5.85. The van der Waals surface area contributed by atoms with Gasteiger partial charge in [0, 0.05) is 24.9 Å². The van der Waals surface area contributed by atoms with Crippen LogP contribution in [0.4, 0.5) is 0 Å². The maximum atomic E-state index is 12.1. The first-order valence-corrected chi connectivity index (χ1v) is 7.47. The number of carbonyl (C=O) groups excluding carboxylic acids is 1. The molecule has 0 saturated heterocycles. The number of benzene rings is 1. The lowest BCUT2D eigenvalue weighted by atomic mass is 10.2. The average Bonchev–Trinajstić information content (AvgIpc) is 3.01. The molecule has 0 fully saturated rings. The summed E-state index contributed by atoms with van der Waals surface area (Å²) in [5, 5.41) is 16.7. The third-order valence-corrected chi connectivity index (χ3v) is 3.21. The van der Waals surface area contributed by atoms with Gasteiger partial charge in [-0.05, 0) is 18.6 Å². The Hall–Kier alpha value is -2.70. The number of aromatic nitrogens is 2. The molecule has 122 valence electrons. The van der Waals surface area contributed by atoms with Gasteiger partial charge in [0.25, 0.3) is 0 Å². The Morgan fingerprint density at radius 3 is 2.61 bits per heavy atom. The number of aryl methyl sites for hydroxylation is 1. The Balaban J connectivity index is 1.93. The molecule has 0 unspecified atom stereocenters. The predicted octanol–water partition coefficient (Wildman–Crippen LogP) is 1.99. The molecule has 1 amide bonds. The zero-order valence-corrected chi connectivity index (χ0v) is 12.9. The number of hydrogen-bond donors (Lipinski definition) is 1. The minimum absolute atomic E-state index is 0.143. The molecule has 0 aliphatic heterocycles. The van der Waals surface area contributed by atoms with E-state index in [-0.39, 0.29) is 18.9 Å². The van der Waals surface area contributed by atoms with Gasteiger partial charge in [-0.25, -0.2) is 0 Å². The molecular weight excluding hydrogens is 298 g/mol. The van der Waals surface area contributed by atoms with Crippen molar-refractivity contribution in [3.63, 3.8) is 0 Å². The Morgan fingerprint density at radius 2 is 1.96 bits per heavy atom. The second-order valence-corrected chi connectivity index (χ2v) is 5.08. The first-order valence-electron chi connectivity index (χ1n) is 7.47. The molecule has 0 radical (unpaired) electrons. The molecule has 0 bridgehead atoms. The van der Waals surface area contributed by atoms with Crippen molar-refractivity contribution in [2.45, 2.75) is 26.2 Å². The van der Waals surface area contributed by atoms with E-state index in [1.807, 2.05) is 37.3 Å². The number of hydrogen-bond acceptors (Lipinski definition) is 5. The maximum Gasteiger partial charge on any atom is 0.323 e. The molecule has 0 saturated carbocycles. The van der Waals surface area contributed by atoms with E-state index in [1.54, 1.807) is 0 Å². The van der Waals surface area contributed by atoms with Crippen molar-refractivity contribution in [3.05, 3.63) is 36.2 Å². The van der Waals surface area contributed by atoms with E-state index in [0.29, 0.717) is 31.2 Å².